The first-order valence-electron chi connectivity index (χ1n) is 10.1. The lowest BCUT2D eigenvalue weighted by molar-refractivity contribution is -0.305. The van der Waals surface area contributed by atoms with Gasteiger partial charge in [-0.25, -0.2) is 0 Å². The predicted octanol–water partition coefficient (Wildman–Crippen LogP) is 4.12. The summed E-state index contributed by atoms with van der Waals surface area (Å²) in [7, 11) is 0. The number of thiocarbonyl (C=S) groups is 1. The van der Waals surface area contributed by atoms with Gasteiger partial charge in [-0.3, -0.25) is 9.69 Å². The van der Waals surface area contributed by atoms with Crippen molar-refractivity contribution < 1.29 is 14.7 Å². The molecule has 2 aromatic rings. The van der Waals surface area contributed by atoms with Crippen LogP contribution in [0, 0.1) is 5.92 Å². The van der Waals surface area contributed by atoms with Gasteiger partial charge < -0.3 is 9.90 Å². The Morgan fingerprint density at radius 3 is 2.50 bits per heavy atom. The molecule has 6 heteroatoms. The van der Waals surface area contributed by atoms with Crippen molar-refractivity contribution in [3.63, 3.8) is 0 Å². The van der Waals surface area contributed by atoms with Gasteiger partial charge in [-0.05, 0) is 47.8 Å². The third-order valence-electron chi connectivity index (χ3n) is 5.76. The first-order valence-corrected chi connectivity index (χ1v) is 11.3. The number of allylic oxidation sites excluding steroid dienone is 1. The lowest BCUT2D eigenvalue weighted by atomic mass is 9.94. The number of carbonyl (C=O) groups is 2. The number of amides is 1. The van der Waals surface area contributed by atoms with E-state index in [9.17, 15) is 14.7 Å². The largest absolute Gasteiger partial charge is 0.550 e. The van der Waals surface area contributed by atoms with Gasteiger partial charge in [0.1, 0.15) is 4.32 Å². The summed E-state index contributed by atoms with van der Waals surface area (Å²) in [6.45, 7) is 0.0748. The lowest BCUT2D eigenvalue weighted by Gasteiger charge is -2.14. The lowest BCUT2D eigenvalue weighted by Crippen LogP contribution is -2.33. The summed E-state index contributed by atoms with van der Waals surface area (Å²) in [6.07, 6.45) is 4.97. The summed E-state index contributed by atoms with van der Waals surface area (Å²) < 4.78 is 0.429. The highest BCUT2D eigenvalue weighted by atomic mass is 32.2. The van der Waals surface area contributed by atoms with Gasteiger partial charge in [-0.1, -0.05) is 84.7 Å². The quantitative estimate of drug-likeness (QED) is 0.504. The van der Waals surface area contributed by atoms with Crippen molar-refractivity contribution in [1.29, 1.82) is 0 Å². The molecule has 2 atom stereocenters. The number of benzene rings is 2. The van der Waals surface area contributed by atoms with E-state index in [-0.39, 0.29) is 18.9 Å². The summed E-state index contributed by atoms with van der Waals surface area (Å²) in [6, 6.07) is 19.1. The third-order valence-corrected chi connectivity index (χ3v) is 7.16. The van der Waals surface area contributed by atoms with E-state index in [0.717, 1.165) is 19.3 Å². The Labute approximate surface area is 186 Å². The van der Waals surface area contributed by atoms with Gasteiger partial charge >= 0.3 is 0 Å². The van der Waals surface area contributed by atoms with Gasteiger partial charge in [-0.2, -0.15) is 0 Å². The number of nitrogens with zero attached hydrogens (tertiary/aromatic N) is 1. The average molecular weight is 437 g/mol. The smallest absolute Gasteiger partial charge is 0.265 e. The van der Waals surface area contributed by atoms with Crippen LogP contribution in [0.25, 0.3) is 11.1 Å². The molecule has 0 N–H and O–H groups in total. The fraction of sp³-hybridized carbons (Fsp3) is 0.292. The number of rotatable bonds is 6. The Morgan fingerprint density at radius 1 is 1.10 bits per heavy atom. The monoisotopic (exact) mass is 436 g/mol. The average Bonchev–Trinajstić information content (AvgIpc) is 3.32. The molecule has 1 amide bonds. The predicted molar refractivity (Wildman–Crippen MR) is 122 cm³/mol. The summed E-state index contributed by atoms with van der Waals surface area (Å²) in [5.74, 6) is -0.537. The molecule has 2 aliphatic rings. The third kappa shape index (κ3) is 4.65. The minimum absolute atomic E-state index is 0.0748. The molecule has 1 aliphatic carbocycles. The fourth-order valence-corrected chi connectivity index (χ4v) is 5.55. The second kappa shape index (κ2) is 9.14. The van der Waals surface area contributed by atoms with Crippen molar-refractivity contribution in [2.75, 3.05) is 6.54 Å². The molecule has 1 saturated carbocycles. The van der Waals surface area contributed by atoms with E-state index >= 15 is 0 Å². The molecule has 2 aromatic carbocycles. The minimum atomic E-state index is -1.18. The zero-order valence-electron chi connectivity index (χ0n) is 16.5. The second-order valence-corrected chi connectivity index (χ2v) is 9.41. The zero-order valence-corrected chi connectivity index (χ0v) is 18.1. The summed E-state index contributed by atoms with van der Waals surface area (Å²) in [5, 5.41) is 10.7. The van der Waals surface area contributed by atoms with E-state index in [2.05, 4.69) is 36.4 Å². The summed E-state index contributed by atoms with van der Waals surface area (Å²) >= 11 is 6.53. The number of carboxylic acids is 1. The molecule has 1 heterocycles. The molecule has 2 fully saturated rings. The van der Waals surface area contributed by atoms with Crippen LogP contribution in [0.4, 0.5) is 0 Å². The van der Waals surface area contributed by atoms with E-state index in [0.29, 0.717) is 21.1 Å². The molecule has 30 heavy (non-hydrogen) atoms. The highest BCUT2D eigenvalue weighted by molar-refractivity contribution is 8.26. The maximum atomic E-state index is 12.6. The molecule has 4 rings (SSSR count). The van der Waals surface area contributed by atoms with Crippen molar-refractivity contribution in [2.45, 2.75) is 31.6 Å². The number of carbonyl (C=O) groups excluding carboxylic acids is 2. The van der Waals surface area contributed by atoms with Crippen molar-refractivity contribution in [1.82, 2.24) is 4.90 Å². The van der Waals surface area contributed by atoms with Gasteiger partial charge in [0, 0.05) is 18.9 Å². The van der Waals surface area contributed by atoms with Crippen molar-refractivity contribution >= 4 is 40.2 Å². The van der Waals surface area contributed by atoms with Gasteiger partial charge in [0.15, 0.2) is 0 Å². The van der Waals surface area contributed by atoms with Gasteiger partial charge in [-0.15, -0.1) is 0 Å². The Bertz CT molecular complexity index is 985. The number of thioether (sulfide) groups is 1. The zero-order chi connectivity index (χ0) is 21.1. The first kappa shape index (κ1) is 20.8. The van der Waals surface area contributed by atoms with Crippen LogP contribution in [-0.4, -0.2) is 27.6 Å². The van der Waals surface area contributed by atoms with E-state index in [1.165, 1.54) is 33.4 Å². The van der Waals surface area contributed by atoms with Crippen LogP contribution >= 0.6 is 24.0 Å². The van der Waals surface area contributed by atoms with Gasteiger partial charge in [0.25, 0.3) is 5.91 Å². The number of hydrogen-bond donors (Lipinski definition) is 0. The van der Waals surface area contributed by atoms with Crippen LogP contribution < -0.4 is 5.11 Å². The molecule has 1 saturated heterocycles. The Balaban J connectivity index is 1.39. The maximum absolute atomic E-state index is 12.6. The van der Waals surface area contributed by atoms with Crippen molar-refractivity contribution in [3.05, 3.63) is 71.1 Å². The molecule has 0 spiro atoms. The van der Waals surface area contributed by atoms with E-state index in [4.69, 9.17) is 12.2 Å². The van der Waals surface area contributed by atoms with Crippen molar-refractivity contribution in [2.24, 2.45) is 5.92 Å². The highest BCUT2D eigenvalue weighted by Crippen LogP contribution is 2.42. The fourth-order valence-electron chi connectivity index (χ4n) is 4.17. The van der Waals surface area contributed by atoms with E-state index in [1.807, 2.05) is 24.3 Å². The topological polar surface area (TPSA) is 60.4 Å². The number of hydrogen-bond acceptors (Lipinski definition) is 5. The Hall–Kier alpha value is -2.44. The summed E-state index contributed by atoms with van der Waals surface area (Å²) in [4.78, 5) is 25.3. The Kier molecular flexibility index (Phi) is 6.35. The van der Waals surface area contributed by atoms with Crippen LogP contribution in [0.2, 0.25) is 0 Å². The SMILES string of the molecule is O=C([O-])CCN1C(=O)/C(=C/C2CCC(c3ccc(-c4ccccc4)cc3)C2)SC1=S. The van der Waals surface area contributed by atoms with E-state index < -0.39 is 5.97 Å². The van der Waals surface area contributed by atoms with Crippen LogP contribution in [0.1, 0.15) is 37.2 Å². The molecular formula is C24H22NO3S2-. The second-order valence-electron chi connectivity index (χ2n) is 7.74. The maximum Gasteiger partial charge on any atom is 0.265 e. The standard InChI is InChI=1S/C24H23NO3S2/c26-22(27)12-13-25-23(28)21(30-24(25)29)15-16-6-7-20(14-16)19-10-8-18(9-11-19)17-4-2-1-3-5-17/h1-5,8-11,15-16,20H,6-7,12-14H2,(H,26,27)/p-1/b21-15-. The van der Waals surface area contributed by atoms with Gasteiger partial charge in [0.05, 0.1) is 4.91 Å². The molecule has 1 aliphatic heterocycles. The van der Waals surface area contributed by atoms with Crippen molar-refractivity contribution in [3.8, 4) is 11.1 Å². The molecular weight excluding hydrogens is 414 g/mol. The molecule has 0 bridgehead atoms. The van der Waals surface area contributed by atoms with Crippen LogP contribution in [0.15, 0.2) is 65.6 Å². The molecule has 2 unspecified atom stereocenters. The number of aliphatic carboxylic acids is 1. The van der Waals surface area contributed by atoms with Crippen LogP contribution in [0.3, 0.4) is 0 Å². The summed E-state index contributed by atoms with van der Waals surface area (Å²) in [5.41, 5.74) is 3.77. The van der Waals surface area contributed by atoms with Crippen LogP contribution in [-0.2, 0) is 9.59 Å². The van der Waals surface area contributed by atoms with Gasteiger partial charge in [0.2, 0.25) is 0 Å². The highest BCUT2D eigenvalue weighted by Gasteiger charge is 2.33. The number of carboxylic acid groups (broad SMARTS) is 1. The molecule has 4 nitrogen and oxygen atoms in total. The van der Waals surface area contributed by atoms with E-state index in [1.54, 1.807) is 0 Å². The molecule has 0 aromatic heterocycles. The van der Waals surface area contributed by atoms with Crippen LogP contribution in [0.5, 0.6) is 0 Å². The minimum Gasteiger partial charge on any atom is -0.550 e. The first-order chi connectivity index (χ1) is 14.5. The molecule has 0 radical (unpaired) electrons. The normalized spacial score (nSPS) is 22.8. The Morgan fingerprint density at radius 2 is 1.80 bits per heavy atom. The molecule has 154 valence electrons.